The lowest BCUT2D eigenvalue weighted by molar-refractivity contribution is -0.318. The van der Waals surface area contributed by atoms with Crippen molar-refractivity contribution >= 4 is 29.8 Å². The zero-order valence-corrected chi connectivity index (χ0v) is 44.7. The molecule has 11 rings (SSSR count). The van der Waals surface area contributed by atoms with Crippen molar-refractivity contribution in [2.45, 2.75) is 147 Å². The average Bonchev–Trinajstić information content (AvgIpc) is 4.15. The van der Waals surface area contributed by atoms with E-state index in [0.717, 1.165) is 45.1 Å². The molecular weight excluding hydrogens is 981 g/mol. The van der Waals surface area contributed by atoms with E-state index in [-0.39, 0.29) is 57.3 Å². The molecule has 4 aromatic rings. The predicted molar refractivity (Wildman–Crippen MR) is 280 cm³/mol. The van der Waals surface area contributed by atoms with Gasteiger partial charge in [0.2, 0.25) is 0 Å². The summed E-state index contributed by atoms with van der Waals surface area (Å²) in [6, 6.07) is 34.1. The van der Waals surface area contributed by atoms with E-state index >= 15 is 0 Å². The van der Waals surface area contributed by atoms with Crippen LogP contribution in [-0.2, 0) is 47.4 Å². The summed E-state index contributed by atoms with van der Waals surface area (Å²) in [6.45, 7) is 11.0. The van der Waals surface area contributed by atoms with Crippen molar-refractivity contribution < 1.29 is 66.6 Å². The fourth-order valence-corrected chi connectivity index (χ4v) is 15.5. The molecule has 18 atom stereocenters. The lowest BCUT2D eigenvalue weighted by Gasteiger charge is -2.63. The monoisotopic (exact) mass is 1050 g/mol. The Morgan fingerprint density at radius 3 is 1.70 bits per heavy atom. The second kappa shape index (κ2) is 21.7. The van der Waals surface area contributed by atoms with E-state index in [0.29, 0.717) is 48.5 Å². The fourth-order valence-electron chi connectivity index (χ4n) is 15.5. The molecule has 0 unspecified atom stereocenters. The standard InChI is InChI=1S/C63H72O14/c1-37-26-31-63(70-35-37)38(2)52-50(77-63)34-47-45-33-49(73-57(66)41-20-12-7-13-21-41)48-32-44(27-29-61(48,4)46(45)28-30-62(47,52)5)72-60-55(71-39(3)64)54(76-59(68)43-24-16-9-17-25-43)53(75-58(67)42-22-14-8-15-23-42)51(74-60)36-69-56(65)40-18-10-6-11-19-40/h6-25,37-38,44-55,60H,26-36H2,1-5H3/t37-,38+,44+,45-,46+,47+,48-,49+,50+,51-,52+,53-,54+,55-,60-,61-,62+,63-/m1/s1. The van der Waals surface area contributed by atoms with Crippen molar-refractivity contribution in [3.63, 3.8) is 0 Å². The molecule has 4 aliphatic carbocycles. The number of rotatable bonds is 12. The van der Waals surface area contributed by atoms with Gasteiger partial charge in [-0.15, -0.1) is 0 Å². The van der Waals surface area contributed by atoms with Gasteiger partial charge in [-0.05, 0) is 140 Å². The molecule has 14 heteroatoms. The van der Waals surface area contributed by atoms with Crippen LogP contribution < -0.4 is 0 Å². The number of hydrogen-bond acceptors (Lipinski definition) is 14. The van der Waals surface area contributed by atoms with Gasteiger partial charge in [-0.3, -0.25) is 4.79 Å². The molecule has 7 fully saturated rings. The van der Waals surface area contributed by atoms with Crippen LogP contribution in [0.4, 0.5) is 0 Å². The average molecular weight is 1050 g/mol. The second-order valence-electron chi connectivity index (χ2n) is 23.6. The van der Waals surface area contributed by atoms with E-state index in [1.807, 2.05) is 18.2 Å². The van der Waals surface area contributed by atoms with Gasteiger partial charge in [0.05, 0.1) is 41.1 Å². The molecule has 3 aliphatic heterocycles. The molecule has 3 saturated heterocycles. The minimum Gasteiger partial charge on any atom is -0.459 e. The van der Waals surface area contributed by atoms with Gasteiger partial charge in [-0.2, -0.15) is 0 Å². The van der Waals surface area contributed by atoms with Crippen molar-refractivity contribution in [1.82, 2.24) is 0 Å². The number of hydrogen-bond donors (Lipinski definition) is 0. The third-order valence-corrected chi connectivity index (χ3v) is 19.3. The van der Waals surface area contributed by atoms with Gasteiger partial charge in [-0.1, -0.05) is 100 Å². The number of carbonyl (C=O) groups excluding carboxylic acids is 5. The summed E-state index contributed by atoms with van der Waals surface area (Å²) in [4.78, 5) is 69.2. The number of ether oxygens (including phenoxy) is 9. The summed E-state index contributed by atoms with van der Waals surface area (Å²) in [5, 5.41) is 0. The minimum atomic E-state index is -1.51. The molecule has 0 N–H and O–H groups in total. The quantitative estimate of drug-likeness (QED) is 0.0746. The first-order valence-corrected chi connectivity index (χ1v) is 27.9. The minimum absolute atomic E-state index is 0.0302. The molecule has 3 heterocycles. The molecule has 4 aromatic carbocycles. The van der Waals surface area contributed by atoms with Crippen molar-refractivity contribution in [2.75, 3.05) is 13.2 Å². The number of esters is 5. The maximum absolute atomic E-state index is 14.3. The molecule has 77 heavy (non-hydrogen) atoms. The summed E-state index contributed by atoms with van der Waals surface area (Å²) < 4.78 is 58.8. The van der Waals surface area contributed by atoms with Crippen LogP contribution in [0.5, 0.6) is 0 Å². The Hall–Kier alpha value is -5.93. The topological polar surface area (TPSA) is 168 Å². The highest BCUT2D eigenvalue weighted by Gasteiger charge is 2.70. The zero-order valence-electron chi connectivity index (χ0n) is 44.7. The summed E-state index contributed by atoms with van der Waals surface area (Å²) in [5.74, 6) is -1.84. The lowest BCUT2D eigenvalue weighted by Crippen LogP contribution is -2.64. The van der Waals surface area contributed by atoms with Crippen LogP contribution in [0.25, 0.3) is 0 Å². The molecule has 0 bridgehead atoms. The molecular formula is C63H72O14. The van der Waals surface area contributed by atoms with E-state index in [1.165, 1.54) is 6.92 Å². The van der Waals surface area contributed by atoms with Crippen molar-refractivity contribution in [1.29, 1.82) is 0 Å². The SMILES string of the molecule is CC(=O)O[C@H]1[C@H](O[C@H]2CC[C@@]3(C)[C@H](C2)[C@@H](OC(=O)c2ccccc2)C[C@@H]2[C@@H]3CC[C@]3(C)[C@@H]4[C@H](C[C@@H]23)O[C@]2(CC[C@@H](C)CO2)[C@H]4C)O[C@H](COC(=O)c2ccccc2)[C@@H](OC(=O)c2ccccc2)[C@@H]1OC(=O)c1ccccc1. The predicted octanol–water partition coefficient (Wildman–Crippen LogP) is 10.6. The van der Waals surface area contributed by atoms with Crippen molar-refractivity contribution in [2.24, 2.45) is 52.3 Å². The molecule has 7 aliphatic rings. The molecule has 408 valence electrons. The maximum atomic E-state index is 14.3. The first kappa shape index (κ1) is 53.1. The van der Waals surface area contributed by atoms with E-state index in [2.05, 4.69) is 27.7 Å². The second-order valence-corrected chi connectivity index (χ2v) is 23.6. The van der Waals surface area contributed by atoms with E-state index in [1.54, 1.807) is 103 Å². The van der Waals surface area contributed by atoms with Crippen LogP contribution >= 0.6 is 0 Å². The van der Waals surface area contributed by atoms with Crippen LogP contribution in [0.2, 0.25) is 0 Å². The third kappa shape index (κ3) is 10.2. The Morgan fingerprint density at radius 1 is 0.571 bits per heavy atom. The van der Waals surface area contributed by atoms with Crippen LogP contribution in [0.3, 0.4) is 0 Å². The molecule has 0 radical (unpaired) electrons. The first-order valence-electron chi connectivity index (χ1n) is 27.9. The Kier molecular flexibility index (Phi) is 15.0. The Bertz CT molecular complexity index is 2750. The van der Waals surface area contributed by atoms with Crippen LogP contribution in [0.15, 0.2) is 121 Å². The van der Waals surface area contributed by atoms with Crippen LogP contribution in [0, 0.1) is 52.3 Å². The van der Waals surface area contributed by atoms with Crippen molar-refractivity contribution in [3.8, 4) is 0 Å². The van der Waals surface area contributed by atoms with Gasteiger partial charge in [0.15, 0.2) is 30.4 Å². The van der Waals surface area contributed by atoms with Crippen molar-refractivity contribution in [3.05, 3.63) is 144 Å². The highest BCUT2D eigenvalue weighted by atomic mass is 16.7. The summed E-state index contributed by atoms with van der Waals surface area (Å²) in [6.07, 6.45) is -0.448. The summed E-state index contributed by atoms with van der Waals surface area (Å²) >= 11 is 0. The first-order chi connectivity index (χ1) is 37.1. The highest BCUT2D eigenvalue weighted by Crippen LogP contribution is 2.72. The highest BCUT2D eigenvalue weighted by molar-refractivity contribution is 5.91. The van der Waals surface area contributed by atoms with Gasteiger partial charge >= 0.3 is 29.8 Å². The third-order valence-electron chi connectivity index (χ3n) is 19.3. The van der Waals surface area contributed by atoms with Gasteiger partial charge < -0.3 is 42.6 Å². The number of fused-ring (bicyclic) bond motifs is 7. The molecule has 1 spiro atoms. The zero-order chi connectivity index (χ0) is 53.6. The summed E-state index contributed by atoms with van der Waals surface area (Å²) in [5.41, 5.74) is 0.933. The Balaban J connectivity index is 0.903. The van der Waals surface area contributed by atoms with Gasteiger partial charge in [-0.25, -0.2) is 19.2 Å². The fraction of sp³-hybridized carbons (Fsp3) is 0.540. The number of benzene rings is 4. The van der Waals surface area contributed by atoms with Crippen LogP contribution in [-0.4, -0.2) is 97.9 Å². The maximum Gasteiger partial charge on any atom is 0.338 e. The smallest absolute Gasteiger partial charge is 0.338 e. The molecule has 0 amide bonds. The van der Waals surface area contributed by atoms with Crippen LogP contribution in [0.1, 0.15) is 134 Å². The van der Waals surface area contributed by atoms with E-state index in [4.69, 9.17) is 42.6 Å². The van der Waals surface area contributed by atoms with E-state index < -0.39 is 79.2 Å². The van der Waals surface area contributed by atoms with Gasteiger partial charge in [0.25, 0.3) is 0 Å². The Morgan fingerprint density at radius 2 is 1.13 bits per heavy atom. The normalized spacial score (nSPS) is 37.9. The molecule has 4 saturated carbocycles. The lowest BCUT2D eigenvalue weighted by atomic mass is 9.43. The molecule has 14 nitrogen and oxygen atoms in total. The number of carbonyl (C=O) groups is 5. The largest absolute Gasteiger partial charge is 0.459 e. The van der Waals surface area contributed by atoms with E-state index in [9.17, 15) is 24.0 Å². The van der Waals surface area contributed by atoms with Gasteiger partial charge in [0.1, 0.15) is 18.8 Å². The van der Waals surface area contributed by atoms with Gasteiger partial charge in [0, 0.05) is 25.2 Å². The Labute approximate surface area is 451 Å². The summed E-state index contributed by atoms with van der Waals surface area (Å²) in [7, 11) is 0. The molecule has 0 aromatic heterocycles.